The molecule has 9 heteroatoms. The highest BCUT2D eigenvalue weighted by atomic mass is 127. The predicted octanol–water partition coefficient (Wildman–Crippen LogP) is 3.24. The number of aryl methyl sites for hydroxylation is 1. The second-order valence-corrected chi connectivity index (χ2v) is 8.12. The number of ether oxygens (including phenoxy) is 1. The van der Waals surface area contributed by atoms with Gasteiger partial charge in [-0.2, -0.15) is 0 Å². The highest BCUT2D eigenvalue weighted by Crippen LogP contribution is 2.22. The first kappa shape index (κ1) is 25.0. The van der Waals surface area contributed by atoms with Crippen LogP contribution >= 0.6 is 35.3 Å². The average Bonchev–Trinajstić information content (AvgIpc) is 3.21. The highest BCUT2D eigenvalue weighted by molar-refractivity contribution is 14.0. The fourth-order valence-corrected chi connectivity index (χ4v) is 4.25. The van der Waals surface area contributed by atoms with E-state index in [9.17, 15) is 4.39 Å². The van der Waals surface area contributed by atoms with Gasteiger partial charge >= 0.3 is 0 Å². The Bertz CT molecular complexity index is 797. The molecule has 0 amide bonds. The molecule has 3 rings (SSSR count). The number of benzene rings is 1. The first-order valence-corrected chi connectivity index (χ1v) is 11.0. The van der Waals surface area contributed by atoms with Crippen LogP contribution < -0.4 is 10.6 Å². The van der Waals surface area contributed by atoms with E-state index in [1.165, 1.54) is 10.9 Å². The maximum Gasteiger partial charge on any atom is 0.191 e. The van der Waals surface area contributed by atoms with Crippen LogP contribution in [-0.2, 0) is 17.6 Å². The Labute approximate surface area is 199 Å². The predicted molar refractivity (Wildman–Crippen MR) is 132 cm³/mol. The van der Waals surface area contributed by atoms with Crippen molar-refractivity contribution in [2.24, 2.45) is 4.99 Å². The van der Waals surface area contributed by atoms with Gasteiger partial charge in [0, 0.05) is 50.7 Å². The van der Waals surface area contributed by atoms with Crippen molar-refractivity contribution in [1.29, 1.82) is 0 Å². The summed E-state index contributed by atoms with van der Waals surface area (Å²) >= 11 is 1.76. The third kappa shape index (κ3) is 7.44. The molecular formula is C21H31FIN5OS. The van der Waals surface area contributed by atoms with E-state index in [-0.39, 0.29) is 35.8 Å². The van der Waals surface area contributed by atoms with Gasteiger partial charge in [-0.3, -0.25) is 9.89 Å². The van der Waals surface area contributed by atoms with Crippen LogP contribution in [0.1, 0.15) is 28.4 Å². The lowest BCUT2D eigenvalue weighted by molar-refractivity contribution is 0.0169. The standard InChI is InChI=1S/C21H30FN5OS.HI/c1-3-18-14-25-20(29-18)7-8-24-21(23-2)26-15-19(27-9-11-28-12-10-27)16-5-4-6-17(22)13-16;/h4-6,13-14,19H,3,7-12,15H2,1-2H3,(H2,23,24,26);1H. The molecule has 2 N–H and O–H groups in total. The van der Waals surface area contributed by atoms with Crippen molar-refractivity contribution in [3.05, 3.63) is 51.7 Å². The molecule has 6 nitrogen and oxygen atoms in total. The molecule has 2 aromatic rings. The second-order valence-electron chi connectivity index (χ2n) is 6.92. The zero-order chi connectivity index (χ0) is 20.5. The Morgan fingerprint density at radius 1 is 1.33 bits per heavy atom. The van der Waals surface area contributed by atoms with Gasteiger partial charge in [-0.15, -0.1) is 35.3 Å². The fourth-order valence-electron chi connectivity index (χ4n) is 3.39. The summed E-state index contributed by atoms with van der Waals surface area (Å²) in [6.45, 7) is 6.61. The van der Waals surface area contributed by atoms with E-state index in [1.54, 1.807) is 30.5 Å². The molecule has 1 atom stereocenters. The lowest BCUT2D eigenvalue weighted by atomic mass is 10.0. The third-order valence-corrected chi connectivity index (χ3v) is 6.19. The number of nitrogens with zero attached hydrogens (tertiary/aromatic N) is 3. The number of aliphatic imine (C=N–C) groups is 1. The molecule has 1 aromatic carbocycles. The van der Waals surface area contributed by atoms with Crippen LogP contribution in [0.2, 0.25) is 0 Å². The van der Waals surface area contributed by atoms with Crippen molar-refractivity contribution in [1.82, 2.24) is 20.5 Å². The summed E-state index contributed by atoms with van der Waals surface area (Å²) < 4.78 is 19.3. The van der Waals surface area contributed by atoms with Gasteiger partial charge in [0.1, 0.15) is 5.82 Å². The Morgan fingerprint density at radius 3 is 2.80 bits per heavy atom. The maximum absolute atomic E-state index is 13.8. The van der Waals surface area contributed by atoms with Crippen LogP contribution in [0.15, 0.2) is 35.5 Å². The van der Waals surface area contributed by atoms with Gasteiger partial charge in [0.05, 0.1) is 24.3 Å². The molecule has 0 radical (unpaired) electrons. The van der Waals surface area contributed by atoms with Gasteiger partial charge in [0.25, 0.3) is 0 Å². The highest BCUT2D eigenvalue weighted by Gasteiger charge is 2.23. The van der Waals surface area contributed by atoms with Crippen molar-refractivity contribution < 1.29 is 9.13 Å². The summed E-state index contributed by atoms with van der Waals surface area (Å²) in [5.74, 6) is 0.532. The number of aromatic nitrogens is 1. The van der Waals surface area contributed by atoms with Crippen LogP contribution in [0.5, 0.6) is 0 Å². The zero-order valence-corrected chi connectivity index (χ0v) is 20.7. The Balaban J connectivity index is 0.00000320. The van der Waals surface area contributed by atoms with E-state index >= 15 is 0 Å². The van der Waals surface area contributed by atoms with Gasteiger partial charge in [0.15, 0.2) is 5.96 Å². The summed E-state index contributed by atoms with van der Waals surface area (Å²) in [7, 11) is 1.76. The van der Waals surface area contributed by atoms with Crippen LogP contribution in [0.3, 0.4) is 0 Å². The van der Waals surface area contributed by atoms with Crippen molar-refractivity contribution in [2.45, 2.75) is 25.8 Å². The molecule has 1 aliphatic heterocycles. The van der Waals surface area contributed by atoms with Crippen LogP contribution in [0.25, 0.3) is 0 Å². The average molecular weight is 547 g/mol. The number of nitrogens with one attached hydrogen (secondary N) is 2. The smallest absolute Gasteiger partial charge is 0.191 e. The molecule has 1 saturated heterocycles. The summed E-state index contributed by atoms with van der Waals surface area (Å²) in [4.78, 5) is 12.4. The Morgan fingerprint density at radius 2 is 2.13 bits per heavy atom. The maximum atomic E-state index is 13.8. The van der Waals surface area contributed by atoms with Crippen molar-refractivity contribution in [3.63, 3.8) is 0 Å². The largest absolute Gasteiger partial charge is 0.379 e. The number of thiazole rings is 1. The fraction of sp³-hybridized carbons (Fsp3) is 0.524. The second kappa shape index (κ2) is 13.2. The molecule has 30 heavy (non-hydrogen) atoms. The first-order chi connectivity index (χ1) is 14.2. The third-order valence-electron chi connectivity index (χ3n) is 4.99. The van der Waals surface area contributed by atoms with Gasteiger partial charge in [0.2, 0.25) is 0 Å². The normalized spacial score (nSPS) is 16.0. The quantitative estimate of drug-likeness (QED) is 0.302. The molecule has 2 heterocycles. The van der Waals surface area contributed by atoms with E-state index in [4.69, 9.17) is 4.74 Å². The summed E-state index contributed by atoms with van der Waals surface area (Å²) in [5.41, 5.74) is 0.963. The number of morpholine rings is 1. The molecular weight excluding hydrogens is 516 g/mol. The number of hydrogen-bond donors (Lipinski definition) is 2. The minimum Gasteiger partial charge on any atom is -0.379 e. The van der Waals surface area contributed by atoms with Crippen LogP contribution in [0.4, 0.5) is 4.39 Å². The molecule has 0 saturated carbocycles. The van der Waals surface area contributed by atoms with Crippen molar-refractivity contribution in [2.75, 3.05) is 46.4 Å². The van der Waals surface area contributed by atoms with Crippen molar-refractivity contribution in [3.8, 4) is 0 Å². The first-order valence-electron chi connectivity index (χ1n) is 10.1. The summed E-state index contributed by atoms with van der Waals surface area (Å²) in [6.07, 6.45) is 3.85. The minimum absolute atomic E-state index is 0. The molecule has 0 spiro atoms. The van der Waals surface area contributed by atoms with E-state index in [0.717, 1.165) is 49.0 Å². The zero-order valence-electron chi connectivity index (χ0n) is 17.6. The monoisotopic (exact) mass is 547 g/mol. The molecule has 0 bridgehead atoms. The van der Waals surface area contributed by atoms with E-state index < -0.39 is 0 Å². The topological polar surface area (TPSA) is 61.8 Å². The number of rotatable bonds is 8. The lowest BCUT2D eigenvalue weighted by Gasteiger charge is -2.35. The number of hydrogen-bond acceptors (Lipinski definition) is 5. The van der Waals surface area contributed by atoms with Crippen LogP contribution in [0, 0.1) is 5.82 Å². The molecule has 1 unspecified atom stereocenters. The van der Waals surface area contributed by atoms with E-state index in [1.807, 2.05) is 12.3 Å². The van der Waals surface area contributed by atoms with Crippen molar-refractivity contribution >= 4 is 41.3 Å². The van der Waals surface area contributed by atoms with Crippen LogP contribution in [-0.4, -0.2) is 62.3 Å². The molecule has 166 valence electrons. The Hall–Kier alpha value is -1.30. The van der Waals surface area contributed by atoms with Gasteiger partial charge < -0.3 is 15.4 Å². The Kier molecular flexibility index (Phi) is 11.0. The van der Waals surface area contributed by atoms with E-state index in [2.05, 4.69) is 32.4 Å². The van der Waals surface area contributed by atoms with Gasteiger partial charge in [-0.05, 0) is 24.1 Å². The molecule has 1 fully saturated rings. The number of guanidine groups is 1. The molecule has 1 aromatic heterocycles. The summed E-state index contributed by atoms with van der Waals surface area (Å²) in [5, 5.41) is 7.89. The van der Waals surface area contributed by atoms with Gasteiger partial charge in [-0.1, -0.05) is 19.1 Å². The van der Waals surface area contributed by atoms with Gasteiger partial charge in [-0.25, -0.2) is 9.37 Å². The summed E-state index contributed by atoms with van der Waals surface area (Å²) in [6, 6.07) is 6.90. The molecule has 0 aliphatic carbocycles. The molecule has 1 aliphatic rings. The van der Waals surface area contributed by atoms with E-state index in [0.29, 0.717) is 19.8 Å². The lowest BCUT2D eigenvalue weighted by Crippen LogP contribution is -2.46. The minimum atomic E-state index is -0.210. The number of halogens is 2. The SMILES string of the molecule is CCc1cnc(CCNC(=NC)NCC(c2cccc(F)c2)N2CCOCC2)s1.I.